The summed E-state index contributed by atoms with van der Waals surface area (Å²) in [5.41, 5.74) is 0.115. The van der Waals surface area contributed by atoms with Gasteiger partial charge in [0.05, 0.1) is 11.5 Å². The molecule has 0 aliphatic carbocycles. The Bertz CT molecular complexity index is 509. The first kappa shape index (κ1) is 16.6. The van der Waals surface area contributed by atoms with Crippen molar-refractivity contribution in [3.05, 3.63) is 29.8 Å². The maximum atomic E-state index is 12.5. The summed E-state index contributed by atoms with van der Waals surface area (Å²) >= 11 is 0. The molecule has 7 heteroatoms. The van der Waals surface area contributed by atoms with Gasteiger partial charge in [-0.1, -0.05) is 6.92 Å². The van der Waals surface area contributed by atoms with Crippen molar-refractivity contribution in [2.75, 3.05) is 37.6 Å². The first-order valence-electron chi connectivity index (χ1n) is 7.15. The molecule has 1 aliphatic heterocycles. The number of benzene rings is 1. The van der Waals surface area contributed by atoms with Crippen LogP contribution < -0.4 is 4.90 Å². The summed E-state index contributed by atoms with van der Waals surface area (Å²) < 4.78 is 37.6. The molecule has 1 aliphatic rings. The number of carbonyl (C=O) groups is 1. The van der Waals surface area contributed by atoms with Gasteiger partial charge >= 0.3 is 12.1 Å². The molecule has 1 heterocycles. The topological polar surface area (TPSA) is 43.8 Å². The normalized spacial score (nSPS) is 18.3. The summed E-state index contributed by atoms with van der Waals surface area (Å²) in [6, 6.07) is 5.15. The predicted octanol–water partition coefficient (Wildman–Crippen LogP) is 2.55. The van der Waals surface area contributed by atoms with E-state index in [1.54, 1.807) is 6.92 Å². The van der Waals surface area contributed by atoms with Crippen molar-refractivity contribution in [1.29, 1.82) is 0 Å². The number of aliphatic carboxylic acids is 1. The van der Waals surface area contributed by atoms with Gasteiger partial charge in [0.2, 0.25) is 0 Å². The Labute approximate surface area is 127 Å². The van der Waals surface area contributed by atoms with Crippen molar-refractivity contribution in [2.24, 2.45) is 5.92 Å². The number of carboxylic acids is 1. The van der Waals surface area contributed by atoms with E-state index in [4.69, 9.17) is 5.11 Å². The number of carboxylic acid groups (broad SMARTS) is 1. The Morgan fingerprint density at radius 1 is 1.18 bits per heavy atom. The lowest BCUT2D eigenvalue weighted by molar-refractivity contribution is -0.141. The number of alkyl halides is 3. The lowest BCUT2D eigenvalue weighted by Gasteiger charge is -2.36. The lowest BCUT2D eigenvalue weighted by Crippen LogP contribution is -2.48. The van der Waals surface area contributed by atoms with Gasteiger partial charge in [-0.2, -0.15) is 13.2 Å². The number of nitrogens with zero attached hydrogens (tertiary/aromatic N) is 2. The highest BCUT2D eigenvalue weighted by Gasteiger charge is 2.30. The fourth-order valence-electron chi connectivity index (χ4n) is 2.52. The summed E-state index contributed by atoms with van der Waals surface area (Å²) in [5, 5.41) is 8.91. The van der Waals surface area contributed by atoms with Crippen LogP contribution in [0.1, 0.15) is 12.5 Å². The molecular formula is C15H19F3N2O2. The van der Waals surface area contributed by atoms with Gasteiger partial charge in [0, 0.05) is 38.4 Å². The van der Waals surface area contributed by atoms with Gasteiger partial charge in [-0.05, 0) is 24.3 Å². The summed E-state index contributed by atoms with van der Waals surface area (Å²) in [7, 11) is 0. The van der Waals surface area contributed by atoms with Crippen molar-refractivity contribution in [3.8, 4) is 0 Å². The fraction of sp³-hybridized carbons (Fsp3) is 0.533. The number of anilines is 1. The number of piperazine rings is 1. The van der Waals surface area contributed by atoms with Crippen molar-refractivity contribution < 1.29 is 23.1 Å². The third kappa shape index (κ3) is 4.13. The predicted molar refractivity (Wildman–Crippen MR) is 76.9 cm³/mol. The second-order valence-electron chi connectivity index (χ2n) is 5.57. The maximum absolute atomic E-state index is 12.5. The van der Waals surface area contributed by atoms with E-state index in [9.17, 15) is 18.0 Å². The maximum Gasteiger partial charge on any atom is 0.416 e. The van der Waals surface area contributed by atoms with Crippen LogP contribution >= 0.6 is 0 Å². The summed E-state index contributed by atoms with van der Waals surface area (Å²) in [4.78, 5) is 14.9. The summed E-state index contributed by atoms with van der Waals surface area (Å²) in [5.74, 6) is -1.23. The van der Waals surface area contributed by atoms with Crippen LogP contribution in [0.3, 0.4) is 0 Å². The lowest BCUT2D eigenvalue weighted by atomic mass is 10.1. The van der Waals surface area contributed by atoms with Gasteiger partial charge in [-0.25, -0.2) is 0 Å². The van der Waals surface area contributed by atoms with E-state index in [1.165, 1.54) is 12.1 Å². The molecule has 1 N–H and O–H groups in total. The van der Waals surface area contributed by atoms with Crippen molar-refractivity contribution in [3.63, 3.8) is 0 Å². The third-order valence-corrected chi connectivity index (χ3v) is 3.89. The van der Waals surface area contributed by atoms with Crippen LogP contribution in [-0.2, 0) is 11.0 Å². The minimum Gasteiger partial charge on any atom is -0.481 e. The van der Waals surface area contributed by atoms with Gasteiger partial charge in [0.1, 0.15) is 0 Å². The first-order chi connectivity index (χ1) is 10.3. The molecule has 4 nitrogen and oxygen atoms in total. The van der Waals surface area contributed by atoms with Crippen molar-refractivity contribution in [2.45, 2.75) is 13.1 Å². The molecule has 1 fully saturated rings. The molecule has 22 heavy (non-hydrogen) atoms. The van der Waals surface area contributed by atoms with Gasteiger partial charge in [0.15, 0.2) is 0 Å². The molecule has 1 aromatic rings. The SMILES string of the molecule is CC(CN1CCN(c2ccc(C(F)(F)F)cc2)CC1)C(=O)O. The average Bonchev–Trinajstić information content (AvgIpc) is 2.47. The minimum atomic E-state index is -4.32. The zero-order chi connectivity index (χ0) is 16.3. The molecule has 0 spiro atoms. The van der Waals surface area contributed by atoms with Crippen molar-refractivity contribution >= 4 is 11.7 Å². The first-order valence-corrected chi connectivity index (χ1v) is 7.15. The Balaban J connectivity index is 1.90. The Kier molecular flexibility index (Phi) is 4.95. The van der Waals surface area contributed by atoms with Crippen LogP contribution in [0.4, 0.5) is 18.9 Å². The van der Waals surface area contributed by atoms with Crippen LogP contribution in [0, 0.1) is 5.92 Å². The number of hydrogen-bond acceptors (Lipinski definition) is 3. The molecular weight excluding hydrogens is 297 g/mol. The molecule has 1 unspecified atom stereocenters. The molecule has 1 saturated heterocycles. The van der Waals surface area contributed by atoms with E-state index in [1.807, 2.05) is 4.90 Å². The average molecular weight is 316 g/mol. The summed E-state index contributed by atoms with van der Waals surface area (Å²) in [6.45, 7) is 4.94. The Morgan fingerprint density at radius 2 is 1.73 bits per heavy atom. The van der Waals surface area contributed by atoms with Gasteiger partial charge in [0.25, 0.3) is 0 Å². The molecule has 0 saturated carbocycles. The molecule has 2 rings (SSSR count). The monoisotopic (exact) mass is 316 g/mol. The highest BCUT2D eigenvalue weighted by atomic mass is 19.4. The second-order valence-corrected chi connectivity index (χ2v) is 5.57. The minimum absolute atomic E-state index is 0.419. The van der Waals surface area contributed by atoms with Crippen LogP contribution in [-0.4, -0.2) is 48.7 Å². The van der Waals surface area contributed by atoms with Crippen LogP contribution in [0.15, 0.2) is 24.3 Å². The molecule has 0 amide bonds. The number of halogens is 3. The van der Waals surface area contributed by atoms with Crippen LogP contribution in [0.2, 0.25) is 0 Å². The highest BCUT2D eigenvalue weighted by Crippen LogP contribution is 2.30. The summed E-state index contributed by atoms with van der Waals surface area (Å²) in [6.07, 6.45) is -4.32. The fourth-order valence-corrected chi connectivity index (χ4v) is 2.52. The molecule has 0 bridgehead atoms. The standard InChI is InChI=1S/C15H19F3N2O2/c1-11(14(21)22)10-19-6-8-20(9-7-19)13-4-2-12(3-5-13)15(16,17)18/h2-5,11H,6-10H2,1H3,(H,21,22). The van der Waals surface area contributed by atoms with Gasteiger partial charge in [-0.3, -0.25) is 9.69 Å². The van der Waals surface area contributed by atoms with E-state index in [0.29, 0.717) is 32.7 Å². The van der Waals surface area contributed by atoms with E-state index in [2.05, 4.69) is 4.90 Å². The highest BCUT2D eigenvalue weighted by molar-refractivity contribution is 5.69. The smallest absolute Gasteiger partial charge is 0.416 e. The van der Waals surface area contributed by atoms with Crippen LogP contribution in [0.5, 0.6) is 0 Å². The molecule has 122 valence electrons. The second kappa shape index (κ2) is 6.56. The van der Waals surface area contributed by atoms with Crippen LogP contribution in [0.25, 0.3) is 0 Å². The van der Waals surface area contributed by atoms with Gasteiger partial charge in [-0.15, -0.1) is 0 Å². The molecule has 0 radical (unpaired) electrons. The quantitative estimate of drug-likeness (QED) is 0.927. The third-order valence-electron chi connectivity index (χ3n) is 3.89. The number of rotatable bonds is 4. The molecule has 1 aromatic carbocycles. The molecule has 0 aromatic heterocycles. The number of hydrogen-bond donors (Lipinski definition) is 1. The van der Waals surface area contributed by atoms with E-state index < -0.39 is 23.6 Å². The Hall–Kier alpha value is -1.76. The van der Waals surface area contributed by atoms with E-state index in [-0.39, 0.29) is 0 Å². The van der Waals surface area contributed by atoms with Gasteiger partial charge < -0.3 is 10.0 Å². The molecule has 1 atom stereocenters. The van der Waals surface area contributed by atoms with E-state index in [0.717, 1.165) is 17.8 Å². The van der Waals surface area contributed by atoms with E-state index >= 15 is 0 Å². The largest absolute Gasteiger partial charge is 0.481 e. The zero-order valence-corrected chi connectivity index (χ0v) is 12.3. The van der Waals surface area contributed by atoms with Crippen molar-refractivity contribution in [1.82, 2.24) is 4.90 Å². The zero-order valence-electron chi connectivity index (χ0n) is 12.3. The Morgan fingerprint density at radius 3 is 2.18 bits per heavy atom.